The molecule has 0 rings (SSSR count). The highest BCUT2D eigenvalue weighted by atomic mass is 32.2. The fourth-order valence-electron chi connectivity index (χ4n) is 0.579. The first kappa shape index (κ1) is 10.8. The largest absolute Gasteiger partial charge is 0.132 e. The maximum Gasteiger partial charge on any atom is 0.00316 e. The van der Waals surface area contributed by atoms with E-state index in [1.165, 1.54) is 0 Å². The van der Waals surface area contributed by atoms with E-state index >= 15 is 0 Å². The predicted octanol–water partition coefficient (Wildman–Crippen LogP) is 3.85. The van der Waals surface area contributed by atoms with Crippen LogP contribution in [0, 0.1) is 5.92 Å². The lowest BCUT2D eigenvalue weighted by Gasteiger charge is -2.00. The van der Waals surface area contributed by atoms with E-state index in [0.717, 1.165) is 6.42 Å². The SMILES string of the molecule is C=CC(C)CC=CSC(C)C. The van der Waals surface area contributed by atoms with Gasteiger partial charge in [0, 0.05) is 5.25 Å². The quantitative estimate of drug-likeness (QED) is 0.565. The molecule has 0 bridgehead atoms. The number of rotatable bonds is 5. The average molecular weight is 170 g/mol. The van der Waals surface area contributed by atoms with Crippen LogP contribution in [0.5, 0.6) is 0 Å². The molecule has 0 nitrogen and oxygen atoms in total. The van der Waals surface area contributed by atoms with Crippen LogP contribution < -0.4 is 0 Å². The van der Waals surface area contributed by atoms with Crippen LogP contribution in [0.3, 0.4) is 0 Å². The number of hydrogen-bond acceptors (Lipinski definition) is 1. The van der Waals surface area contributed by atoms with E-state index in [2.05, 4.69) is 38.8 Å². The van der Waals surface area contributed by atoms with E-state index in [4.69, 9.17) is 0 Å². The Bertz CT molecular complexity index is 125. The lowest BCUT2D eigenvalue weighted by molar-refractivity contribution is 0.747. The molecule has 11 heavy (non-hydrogen) atoms. The smallest absolute Gasteiger partial charge is 0.00316 e. The van der Waals surface area contributed by atoms with Crippen molar-refractivity contribution in [1.29, 1.82) is 0 Å². The normalized spacial score (nSPS) is 14.2. The Kier molecular flexibility index (Phi) is 6.43. The third-order valence-corrected chi connectivity index (χ3v) is 2.25. The molecular weight excluding hydrogens is 152 g/mol. The van der Waals surface area contributed by atoms with Crippen LogP contribution in [0.25, 0.3) is 0 Å². The van der Waals surface area contributed by atoms with E-state index in [1.807, 2.05) is 17.8 Å². The van der Waals surface area contributed by atoms with Crippen molar-refractivity contribution in [3.8, 4) is 0 Å². The molecule has 0 aliphatic carbocycles. The Morgan fingerprint density at radius 2 is 2.00 bits per heavy atom. The summed E-state index contributed by atoms with van der Waals surface area (Å²) < 4.78 is 0. The first-order chi connectivity index (χ1) is 5.16. The molecule has 0 aromatic heterocycles. The lowest BCUT2D eigenvalue weighted by atomic mass is 10.1. The molecule has 0 spiro atoms. The third kappa shape index (κ3) is 7.73. The van der Waals surface area contributed by atoms with Gasteiger partial charge in [0.15, 0.2) is 0 Å². The maximum absolute atomic E-state index is 3.73. The van der Waals surface area contributed by atoms with Crippen molar-refractivity contribution in [3.05, 3.63) is 24.1 Å². The highest BCUT2D eigenvalue weighted by molar-refractivity contribution is 8.02. The summed E-state index contributed by atoms with van der Waals surface area (Å²) >= 11 is 1.87. The van der Waals surface area contributed by atoms with E-state index in [1.54, 1.807) is 0 Å². The van der Waals surface area contributed by atoms with Gasteiger partial charge in [-0.15, -0.1) is 18.3 Å². The van der Waals surface area contributed by atoms with Crippen LogP contribution in [0.1, 0.15) is 27.2 Å². The fraction of sp³-hybridized carbons (Fsp3) is 0.600. The van der Waals surface area contributed by atoms with Crippen LogP contribution in [0.2, 0.25) is 0 Å². The first-order valence-electron chi connectivity index (χ1n) is 4.09. The van der Waals surface area contributed by atoms with Crippen molar-refractivity contribution in [2.75, 3.05) is 0 Å². The number of thioether (sulfide) groups is 1. The second-order valence-corrected chi connectivity index (χ2v) is 4.49. The molecule has 0 aliphatic rings. The van der Waals surface area contributed by atoms with Gasteiger partial charge in [-0.25, -0.2) is 0 Å². The summed E-state index contributed by atoms with van der Waals surface area (Å²) in [6.07, 6.45) is 5.32. The van der Waals surface area contributed by atoms with Crippen LogP contribution in [0.15, 0.2) is 24.1 Å². The number of allylic oxidation sites excluding steroid dienone is 2. The van der Waals surface area contributed by atoms with Crippen molar-refractivity contribution in [1.82, 2.24) is 0 Å². The highest BCUT2D eigenvalue weighted by Gasteiger charge is 1.91. The standard InChI is InChI=1S/C10H18S/c1-5-10(4)7-6-8-11-9(2)3/h5-6,8-10H,1,7H2,2-4H3. The molecule has 0 saturated heterocycles. The highest BCUT2D eigenvalue weighted by Crippen LogP contribution is 2.12. The summed E-state index contributed by atoms with van der Waals surface area (Å²) in [4.78, 5) is 0. The van der Waals surface area contributed by atoms with Crippen molar-refractivity contribution in [2.45, 2.75) is 32.4 Å². The molecular formula is C10H18S. The molecule has 0 fully saturated rings. The van der Waals surface area contributed by atoms with Crippen molar-refractivity contribution in [3.63, 3.8) is 0 Å². The minimum Gasteiger partial charge on any atom is -0.132 e. The fourth-order valence-corrected chi connectivity index (χ4v) is 1.12. The minimum absolute atomic E-state index is 0.610. The van der Waals surface area contributed by atoms with E-state index < -0.39 is 0 Å². The maximum atomic E-state index is 3.73. The molecule has 0 aromatic rings. The molecule has 1 atom stereocenters. The van der Waals surface area contributed by atoms with Crippen molar-refractivity contribution < 1.29 is 0 Å². The molecule has 0 saturated carbocycles. The van der Waals surface area contributed by atoms with Gasteiger partial charge in [0.25, 0.3) is 0 Å². The Morgan fingerprint density at radius 1 is 1.36 bits per heavy atom. The van der Waals surface area contributed by atoms with Gasteiger partial charge in [0.2, 0.25) is 0 Å². The molecule has 0 aliphatic heterocycles. The van der Waals surface area contributed by atoms with Gasteiger partial charge in [-0.05, 0) is 17.7 Å². The second kappa shape index (κ2) is 6.53. The molecule has 0 N–H and O–H groups in total. The van der Waals surface area contributed by atoms with Crippen LogP contribution >= 0.6 is 11.8 Å². The zero-order chi connectivity index (χ0) is 8.69. The van der Waals surface area contributed by atoms with Gasteiger partial charge in [0.1, 0.15) is 0 Å². The van der Waals surface area contributed by atoms with Crippen LogP contribution in [-0.4, -0.2) is 5.25 Å². The van der Waals surface area contributed by atoms with Gasteiger partial charge in [-0.3, -0.25) is 0 Å². The Morgan fingerprint density at radius 3 is 2.45 bits per heavy atom. The zero-order valence-electron chi connectivity index (χ0n) is 7.71. The molecule has 1 unspecified atom stereocenters. The van der Waals surface area contributed by atoms with Crippen LogP contribution in [-0.2, 0) is 0 Å². The topological polar surface area (TPSA) is 0 Å². The van der Waals surface area contributed by atoms with E-state index in [-0.39, 0.29) is 0 Å². The van der Waals surface area contributed by atoms with Crippen molar-refractivity contribution in [2.24, 2.45) is 5.92 Å². The van der Waals surface area contributed by atoms with Crippen molar-refractivity contribution >= 4 is 11.8 Å². The third-order valence-electron chi connectivity index (χ3n) is 1.36. The summed E-state index contributed by atoms with van der Waals surface area (Å²) in [7, 11) is 0. The van der Waals surface area contributed by atoms with E-state index in [9.17, 15) is 0 Å². The summed E-state index contributed by atoms with van der Waals surface area (Å²) in [5.74, 6) is 0.610. The molecule has 0 radical (unpaired) electrons. The monoisotopic (exact) mass is 170 g/mol. The number of hydrogen-bond donors (Lipinski definition) is 0. The Balaban J connectivity index is 3.36. The van der Waals surface area contributed by atoms with Gasteiger partial charge >= 0.3 is 0 Å². The first-order valence-corrected chi connectivity index (χ1v) is 5.04. The summed E-state index contributed by atoms with van der Waals surface area (Å²) in [5.41, 5.74) is 0. The zero-order valence-corrected chi connectivity index (χ0v) is 8.53. The van der Waals surface area contributed by atoms with Gasteiger partial charge in [-0.2, -0.15) is 0 Å². The molecule has 64 valence electrons. The summed E-state index contributed by atoms with van der Waals surface area (Å²) in [6.45, 7) is 10.3. The van der Waals surface area contributed by atoms with E-state index in [0.29, 0.717) is 11.2 Å². The van der Waals surface area contributed by atoms with Gasteiger partial charge < -0.3 is 0 Å². The summed E-state index contributed by atoms with van der Waals surface area (Å²) in [5, 5.41) is 2.88. The molecule has 0 heterocycles. The minimum atomic E-state index is 0.610. The van der Waals surface area contributed by atoms with Crippen LogP contribution in [0.4, 0.5) is 0 Å². The summed E-state index contributed by atoms with van der Waals surface area (Å²) in [6, 6.07) is 0. The van der Waals surface area contributed by atoms with Gasteiger partial charge in [0.05, 0.1) is 0 Å². The molecule has 0 amide bonds. The molecule has 1 heteroatoms. The Hall–Kier alpha value is -0.170. The second-order valence-electron chi connectivity index (χ2n) is 3.01. The predicted molar refractivity (Wildman–Crippen MR) is 55.8 cm³/mol. The average Bonchev–Trinajstić information content (AvgIpc) is 1.97. The molecule has 0 aromatic carbocycles. The Labute approximate surface area is 74.8 Å². The lowest BCUT2D eigenvalue weighted by Crippen LogP contribution is -1.84. The van der Waals surface area contributed by atoms with Gasteiger partial charge in [-0.1, -0.05) is 32.9 Å².